The zero-order valence-corrected chi connectivity index (χ0v) is 15.2. The van der Waals surface area contributed by atoms with Crippen molar-refractivity contribution >= 4 is 5.91 Å². The Hall–Kier alpha value is -2.48. The summed E-state index contributed by atoms with van der Waals surface area (Å²) in [5.41, 5.74) is 0.634. The number of hydrogen-bond acceptors (Lipinski definition) is 6. The summed E-state index contributed by atoms with van der Waals surface area (Å²) in [6.07, 6.45) is 3.85. The van der Waals surface area contributed by atoms with Crippen molar-refractivity contribution in [2.75, 3.05) is 26.2 Å². The molecule has 1 aromatic carbocycles. The van der Waals surface area contributed by atoms with Crippen LogP contribution in [-0.2, 0) is 13.2 Å². The van der Waals surface area contributed by atoms with Crippen molar-refractivity contribution in [3.63, 3.8) is 0 Å². The smallest absolute Gasteiger partial charge is 0.251 e. The van der Waals surface area contributed by atoms with E-state index in [1.54, 1.807) is 28.9 Å². The number of aryl methyl sites for hydroxylation is 1. The number of nitrogens with zero attached hydrogens (tertiary/aromatic N) is 5. The van der Waals surface area contributed by atoms with Crippen LogP contribution in [0, 0.1) is 0 Å². The van der Waals surface area contributed by atoms with Crippen LogP contribution in [0.1, 0.15) is 42.4 Å². The fourth-order valence-corrected chi connectivity index (χ4v) is 3.04. The van der Waals surface area contributed by atoms with Gasteiger partial charge in [-0.1, -0.05) is 6.42 Å². The minimum absolute atomic E-state index is 0.0523. The molecule has 0 unspecified atom stereocenters. The van der Waals surface area contributed by atoms with Crippen LogP contribution in [0.3, 0.4) is 0 Å². The first-order valence-corrected chi connectivity index (χ1v) is 9.24. The minimum atomic E-state index is -0.0523. The summed E-state index contributed by atoms with van der Waals surface area (Å²) in [7, 11) is 0. The summed E-state index contributed by atoms with van der Waals surface area (Å²) >= 11 is 0. The van der Waals surface area contributed by atoms with Crippen molar-refractivity contribution in [2.24, 2.45) is 0 Å². The van der Waals surface area contributed by atoms with Gasteiger partial charge >= 0.3 is 0 Å². The molecule has 1 fully saturated rings. The van der Waals surface area contributed by atoms with Crippen LogP contribution in [0.5, 0.6) is 5.75 Å². The number of ether oxygens (including phenoxy) is 1. The average molecular weight is 358 g/mol. The fourth-order valence-electron chi connectivity index (χ4n) is 3.04. The van der Waals surface area contributed by atoms with Gasteiger partial charge in [0, 0.05) is 25.2 Å². The highest BCUT2D eigenvalue weighted by Crippen LogP contribution is 2.14. The zero-order chi connectivity index (χ0) is 18.2. The maximum absolute atomic E-state index is 12.2. The van der Waals surface area contributed by atoms with Gasteiger partial charge in [-0.15, -0.1) is 5.10 Å². The Morgan fingerprint density at radius 2 is 1.96 bits per heavy atom. The largest absolute Gasteiger partial charge is 0.486 e. The second-order valence-corrected chi connectivity index (χ2v) is 6.38. The fraction of sp³-hybridized carbons (Fsp3) is 0.556. The number of nitrogens with one attached hydrogen (secondary N) is 1. The summed E-state index contributed by atoms with van der Waals surface area (Å²) in [4.78, 5) is 14.6. The molecule has 3 rings (SSSR count). The van der Waals surface area contributed by atoms with Gasteiger partial charge in [-0.3, -0.25) is 4.79 Å². The van der Waals surface area contributed by atoms with Crippen LogP contribution >= 0.6 is 0 Å². The summed E-state index contributed by atoms with van der Waals surface area (Å²) < 4.78 is 7.37. The van der Waals surface area contributed by atoms with Crippen molar-refractivity contribution in [1.82, 2.24) is 30.4 Å². The SMILES string of the molecule is CCn1nnnc1COc1ccc(C(=O)NCCN2CCCCC2)cc1. The Balaban J connectivity index is 1.43. The van der Waals surface area contributed by atoms with E-state index in [1.807, 2.05) is 6.92 Å². The number of carbonyl (C=O) groups is 1. The van der Waals surface area contributed by atoms with Crippen LogP contribution in [0.4, 0.5) is 0 Å². The first-order chi connectivity index (χ1) is 12.8. The summed E-state index contributed by atoms with van der Waals surface area (Å²) in [5.74, 6) is 1.30. The van der Waals surface area contributed by atoms with Crippen LogP contribution in [0.2, 0.25) is 0 Å². The predicted octanol–water partition coefficient (Wildman–Crippen LogP) is 1.49. The molecule has 0 saturated carbocycles. The average Bonchev–Trinajstić information content (AvgIpc) is 3.15. The summed E-state index contributed by atoms with van der Waals surface area (Å²) in [5, 5.41) is 14.4. The molecular formula is C18H26N6O2. The standard InChI is InChI=1S/C18H26N6O2/c1-2-24-17(20-21-22-24)14-26-16-8-6-15(7-9-16)18(25)19-10-13-23-11-4-3-5-12-23/h6-9H,2-5,10-14H2,1H3,(H,19,25). The molecular weight excluding hydrogens is 332 g/mol. The molecule has 0 bridgehead atoms. The van der Waals surface area contributed by atoms with Gasteiger partial charge in [0.25, 0.3) is 5.91 Å². The number of likely N-dealkylation sites (tertiary alicyclic amines) is 1. The molecule has 1 aliphatic rings. The van der Waals surface area contributed by atoms with Gasteiger partial charge in [0.15, 0.2) is 5.82 Å². The van der Waals surface area contributed by atoms with E-state index in [0.29, 0.717) is 36.8 Å². The number of hydrogen-bond donors (Lipinski definition) is 1. The molecule has 0 spiro atoms. The molecule has 1 saturated heterocycles. The molecule has 8 nitrogen and oxygen atoms in total. The van der Waals surface area contributed by atoms with Gasteiger partial charge < -0.3 is 15.0 Å². The Morgan fingerprint density at radius 1 is 1.19 bits per heavy atom. The number of aromatic nitrogens is 4. The van der Waals surface area contributed by atoms with Gasteiger partial charge in [-0.2, -0.15) is 0 Å². The minimum Gasteiger partial charge on any atom is -0.486 e. The molecule has 2 heterocycles. The van der Waals surface area contributed by atoms with Gasteiger partial charge in [0.05, 0.1) is 0 Å². The van der Waals surface area contributed by atoms with Crippen LogP contribution in [-0.4, -0.2) is 57.2 Å². The summed E-state index contributed by atoms with van der Waals surface area (Å²) in [6.45, 7) is 6.84. The molecule has 8 heteroatoms. The van der Waals surface area contributed by atoms with E-state index in [0.717, 1.165) is 19.6 Å². The van der Waals surface area contributed by atoms with Crippen molar-refractivity contribution in [1.29, 1.82) is 0 Å². The molecule has 1 aliphatic heterocycles. The molecule has 0 radical (unpaired) electrons. The van der Waals surface area contributed by atoms with Crippen molar-refractivity contribution in [2.45, 2.75) is 39.3 Å². The number of tetrazole rings is 1. The monoisotopic (exact) mass is 358 g/mol. The van der Waals surface area contributed by atoms with Crippen molar-refractivity contribution in [3.8, 4) is 5.75 Å². The Labute approximate surface area is 153 Å². The van der Waals surface area contributed by atoms with Gasteiger partial charge in [-0.05, 0) is 67.5 Å². The number of rotatable bonds is 8. The van der Waals surface area contributed by atoms with E-state index < -0.39 is 0 Å². The van der Waals surface area contributed by atoms with Crippen LogP contribution in [0.15, 0.2) is 24.3 Å². The maximum Gasteiger partial charge on any atom is 0.251 e. The molecule has 0 aliphatic carbocycles. The van der Waals surface area contributed by atoms with E-state index >= 15 is 0 Å². The molecule has 1 amide bonds. The molecule has 1 aromatic heterocycles. The number of carbonyl (C=O) groups excluding carboxylic acids is 1. The number of amides is 1. The van der Waals surface area contributed by atoms with E-state index in [4.69, 9.17) is 4.74 Å². The molecule has 2 aromatic rings. The lowest BCUT2D eigenvalue weighted by atomic mass is 10.1. The third-order valence-electron chi connectivity index (χ3n) is 4.55. The lowest BCUT2D eigenvalue weighted by molar-refractivity contribution is 0.0946. The van der Waals surface area contributed by atoms with E-state index in [1.165, 1.54) is 19.3 Å². The van der Waals surface area contributed by atoms with Gasteiger partial charge in [0.1, 0.15) is 12.4 Å². The van der Waals surface area contributed by atoms with E-state index in [2.05, 4.69) is 25.7 Å². The van der Waals surface area contributed by atoms with Gasteiger partial charge in [-0.25, -0.2) is 4.68 Å². The van der Waals surface area contributed by atoms with Crippen molar-refractivity contribution in [3.05, 3.63) is 35.7 Å². The Morgan fingerprint density at radius 3 is 2.69 bits per heavy atom. The molecule has 0 atom stereocenters. The predicted molar refractivity (Wildman–Crippen MR) is 96.9 cm³/mol. The first kappa shape index (κ1) is 18.3. The summed E-state index contributed by atoms with van der Waals surface area (Å²) in [6, 6.07) is 7.13. The topological polar surface area (TPSA) is 85.2 Å². The second-order valence-electron chi connectivity index (χ2n) is 6.38. The third-order valence-corrected chi connectivity index (χ3v) is 4.55. The van der Waals surface area contributed by atoms with Gasteiger partial charge in [0.2, 0.25) is 0 Å². The Bertz CT molecular complexity index is 694. The second kappa shape index (κ2) is 9.28. The number of benzene rings is 1. The van der Waals surface area contributed by atoms with Crippen molar-refractivity contribution < 1.29 is 9.53 Å². The highest BCUT2D eigenvalue weighted by Gasteiger charge is 2.11. The molecule has 1 N–H and O–H groups in total. The lowest BCUT2D eigenvalue weighted by Gasteiger charge is -2.26. The normalized spacial score (nSPS) is 15.0. The molecule has 140 valence electrons. The first-order valence-electron chi connectivity index (χ1n) is 9.24. The maximum atomic E-state index is 12.2. The van der Waals surface area contributed by atoms with Crippen LogP contribution < -0.4 is 10.1 Å². The number of piperidine rings is 1. The molecule has 26 heavy (non-hydrogen) atoms. The lowest BCUT2D eigenvalue weighted by Crippen LogP contribution is -2.37. The Kier molecular flexibility index (Phi) is 6.54. The zero-order valence-electron chi connectivity index (χ0n) is 15.2. The quantitative estimate of drug-likeness (QED) is 0.769. The highest BCUT2D eigenvalue weighted by molar-refractivity contribution is 5.94. The van der Waals surface area contributed by atoms with Crippen LogP contribution in [0.25, 0.3) is 0 Å². The van der Waals surface area contributed by atoms with E-state index in [9.17, 15) is 4.79 Å². The highest BCUT2D eigenvalue weighted by atomic mass is 16.5. The third kappa shape index (κ3) is 5.01. The van der Waals surface area contributed by atoms with E-state index in [-0.39, 0.29) is 5.91 Å².